The van der Waals surface area contributed by atoms with Gasteiger partial charge in [0.2, 0.25) is 0 Å². The molecule has 0 aromatic heterocycles. The van der Waals surface area contributed by atoms with E-state index in [4.69, 9.17) is 5.26 Å². The Morgan fingerprint density at radius 3 is 2.77 bits per heavy atom. The van der Waals surface area contributed by atoms with Gasteiger partial charge in [-0.15, -0.1) is 0 Å². The monoisotopic (exact) mass is 292 g/mol. The molecule has 1 saturated carbocycles. The summed E-state index contributed by atoms with van der Waals surface area (Å²) in [5.41, 5.74) is 2.63. The first-order valence-electron chi connectivity index (χ1n) is 7.68. The number of nitrogens with zero attached hydrogens (tertiary/aromatic N) is 2. The smallest absolute Gasteiger partial charge is 0.141 e. The van der Waals surface area contributed by atoms with Crippen LogP contribution in [-0.2, 0) is 12.0 Å². The molecule has 3 heteroatoms. The maximum atomic E-state index is 13.9. The van der Waals surface area contributed by atoms with Crippen LogP contribution in [0.25, 0.3) is 0 Å². The minimum absolute atomic E-state index is 0.115. The van der Waals surface area contributed by atoms with Gasteiger partial charge in [0, 0.05) is 25.0 Å². The number of piperidine rings is 1. The molecule has 110 valence electrons. The average Bonchev–Trinajstić information content (AvgIpc) is 3.11. The van der Waals surface area contributed by atoms with Crippen LogP contribution in [0.1, 0.15) is 23.1 Å². The van der Waals surface area contributed by atoms with Gasteiger partial charge >= 0.3 is 0 Å². The number of halogens is 1. The van der Waals surface area contributed by atoms with E-state index < -0.39 is 0 Å². The number of likely N-dealkylation sites (tertiary alicyclic amines) is 1. The highest BCUT2D eigenvalue weighted by Crippen LogP contribution is 2.59. The Kier molecular flexibility index (Phi) is 3.02. The molecule has 2 nitrogen and oxygen atoms in total. The molecule has 4 rings (SSSR count). The van der Waals surface area contributed by atoms with Gasteiger partial charge in [-0.1, -0.05) is 36.4 Å². The zero-order valence-corrected chi connectivity index (χ0v) is 12.3. The lowest BCUT2D eigenvalue weighted by Crippen LogP contribution is -2.26. The second-order valence-corrected chi connectivity index (χ2v) is 6.52. The number of hydrogen-bond acceptors (Lipinski definition) is 2. The molecule has 22 heavy (non-hydrogen) atoms. The van der Waals surface area contributed by atoms with Crippen molar-refractivity contribution in [1.29, 1.82) is 5.26 Å². The highest BCUT2D eigenvalue weighted by atomic mass is 19.1. The molecule has 0 radical (unpaired) electrons. The fraction of sp³-hybridized carbons (Fsp3) is 0.316. The largest absolute Gasteiger partial charge is 0.298 e. The van der Waals surface area contributed by atoms with Gasteiger partial charge < -0.3 is 0 Å². The molecule has 2 fully saturated rings. The predicted octanol–water partition coefficient (Wildman–Crippen LogP) is 3.47. The lowest BCUT2D eigenvalue weighted by atomic mass is 9.94. The Labute approximate surface area is 129 Å². The number of nitriles is 1. The number of rotatable bonds is 3. The van der Waals surface area contributed by atoms with Crippen molar-refractivity contribution in [2.24, 2.45) is 5.92 Å². The van der Waals surface area contributed by atoms with E-state index in [1.165, 1.54) is 5.56 Å². The van der Waals surface area contributed by atoms with Crippen LogP contribution >= 0.6 is 0 Å². The molecular weight excluding hydrogens is 275 g/mol. The lowest BCUT2D eigenvalue weighted by Gasteiger charge is -2.21. The summed E-state index contributed by atoms with van der Waals surface area (Å²) in [6.45, 7) is 3.02. The first-order valence-corrected chi connectivity index (χ1v) is 7.68. The van der Waals surface area contributed by atoms with Crippen molar-refractivity contribution >= 4 is 0 Å². The summed E-state index contributed by atoms with van der Waals surface area (Å²) < 4.78 is 13.9. The van der Waals surface area contributed by atoms with Gasteiger partial charge in [-0.05, 0) is 35.6 Å². The Balaban J connectivity index is 1.53. The molecule has 0 amide bonds. The van der Waals surface area contributed by atoms with Crippen LogP contribution in [0, 0.1) is 23.1 Å². The van der Waals surface area contributed by atoms with Crippen LogP contribution in [0.3, 0.4) is 0 Å². The number of benzene rings is 2. The van der Waals surface area contributed by atoms with E-state index >= 15 is 0 Å². The minimum atomic E-state index is -0.387. The molecule has 0 spiro atoms. The third-order valence-electron chi connectivity index (χ3n) is 5.13. The first-order chi connectivity index (χ1) is 10.7. The summed E-state index contributed by atoms with van der Waals surface area (Å²) in [5, 5.41) is 8.86. The topological polar surface area (TPSA) is 27.0 Å². The first kappa shape index (κ1) is 13.5. The van der Waals surface area contributed by atoms with Crippen molar-refractivity contribution in [3.8, 4) is 6.07 Å². The molecule has 1 heterocycles. The van der Waals surface area contributed by atoms with Crippen molar-refractivity contribution in [2.75, 3.05) is 13.1 Å². The second kappa shape index (κ2) is 4.93. The molecule has 2 aromatic carbocycles. The molecule has 1 aliphatic heterocycles. The fourth-order valence-electron chi connectivity index (χ4n) is 3.91. The zero-order chi connectivity index (χ0) is 15.2. The van der Waals surface area contributed by atoms with Crippen molar-refractivity contribution in [1.82, 2.24) is 4.90 Å². The zero-order valence-electron chi connectivity index (χ0n) is 12.3. The molecule has 2 atom stereocenters. The molecule has 0 bridgehead atoms. The Morgan fingerprint density at radius 2 is 2.05 bits per heavy atom. The van der Waals surface area contributed by atoms with Gasteiger partial charge in [-0.2, -0.15) is 5.26 Å². The molecule has 2 aliphatic rings. The molecule has 1 unspecified atom stereocenters. The van der Waals surface area contributed by atoms with E-state index in [0.29, 0.717) is 5.92 Å². The van der Waals surface area contributed by atoms with Crippen LogP contribution in [0.5, 0.6) is 0 Å². The Morgan fingerprint density at radius 1 is 1.23 bits per heavy atom. The van der Waals surface area contributed by atoms with Gasteiger partial charge in [0.1, 0.15) is 11.9 Å². The van der Waals surface area contributed by atoms with Crippen LogP contribution in [0.4, 0.5) is 4.39 Å². The summed E-state index contributed by atoms with van der Waals surface area (Å²) in [6.07, 6.45) is 1.14. The third kappa shape index (κ3) is 2.12. The predicted molar refractivity (Wildman–Crippen MR) is 82.6 cm³/mol. The van der Waals surface area contributed by atoms with E-state index in [0.717, 1.165) is 31.6 Å². The summed E-state index contributed by atoms with van der Waals surface area (Å²) >= 11 is 0. The highest BCUT2D eigenvalue weighted by Gasteiger charge is 2.60. The molecule has 0 N–H and O–H groups in total. The van der Waals surface area contributed by atoms with E-state index in [2.05, 4.69) is 29.2 Å². The lowest BCUT2D eigenvalue weighted by molar-refractivity contribution is 0.290. The van der Waals surface area contributed by atoms with Crippen LogP contribution in [-0.4, -0.2) is 18.0 Å². The average molecular weight is 292 g/mol. The third-order valence-corrected chi connectivity index (χ3v) is 5.13. The maximum absolute atomic E-state index is 13.9. The summed E-state index contributed by atoms with van der Waals surface area (Å²) in [6, 6.07) is 17.5. The highest BCUT2D eigenvalue weighted by molar-refractivity contribution is 5.42. The van der Waals surface area contributed by atoms with Gasteiger partial charge in [0.05, 0.1) is 5.56 Å². The number of hydrogen-bond donors (Lipinski definition) is 0. The normalized spacial score (nSPS) is 26.5. The van der Waals surface area contributed by atoms with Gasteiger partial charge in [-0.3, -0.25) is 4.90 Å². The minimum Gasteiger partial charge on any atom is -0.298 e. The van der Waals surface area contributed by atoms with Crippen molar-refractivity contribution in [3.05, 3.63) is 71.0 Å². The second-order valence-electron chi connectivity index (χ2n) is 6.52. The van der Waals surface area contributed by atoms with Crippen LogP contribution in [0.15, 0.2) is 48.5 Å². The number of fused-ring (bicyclic) bond motifs is 1. The fourth-order valence-corrected chi connectivity index (χ4v) is 3.91. The molecule has 1 saturated heterocycles. The van der Waals surface area contributed by atoms with E-state index in [1.807, 2.05) is 18.2 Å². The maximum Gasteiger partial charge on any atom is 0.141 e. The van der Waals surface area contributed by atoms with Crippen molar-refractivity contribution in [2.45, 2.75) is 18.4 Å². The quantitative estimate of drug-likeness (QED) is 0.866. The molecule has 1 aliphatic carbocycles. The molecule has 2 aromatic rings. The van der Waals surface area contributed by atoms with Gasteiger partial charge in [-0.25, -0.2) is 4.39 Å². The Hall–Kier alpha value is -2.18. The van der Waals surface area contributed by atoms with Gasteiger partial charge in [0.25, 0.3) is 0 Å². The van der Waals surface area contributed by atoms with E-state index in [9.17, 15) is 4.39 Å². The molecular formula is C19H17FN2. The Bertz CT molecular complexity index is 750. The summed E-state index contributed by atoms with van der Waals surface area (Å²) in [7, 11) is 0. The van der Waals surface area contributed by atoms with E-state index in [1.54, 1.807) is 12.1 Å². The van der Waals surface area contributed by atoms with Gasteiger partial charge in [0.15, 0.2) is 0 Å². The summed E-state index contributed by atoms with van der Waals surface area (Å²) in [5.74, 6) is 0.241. The summed E-state index contributed by atoms with van der Waals surface area (Å²) in [4.78, 5) is 2.46. The van der Waals surface area contributed by atoms with E-state index in [-0.39, 0.29) is 16.8 Å². The van der Waals surface area contributed by atoms with Crippen molar-refractivity contribution in [3.63, 3.8) is 0 Å². The standard InChI is InChI=1S/C19H17FN2/c20-18-8-16(7-6-15(18)10-21)19-9-17(19)12-22(13-19)11-14-4-2-1-3-5-14/h1-8,17H,9,11-13H2/t17-,19?/m1/s1. The van der Waals surface area contributed by atoms with Crippen LogP contribution in [0.2, 0.25) is 0 Å². The SMILES string of the molecule is N#Cc1ccc(C23C[C@@H]2CN(Cc2ccccc2)C3)cc1F. The van der Waals surface area contributed by atoms with Crippen molar-refractivity contribution < 1.29 is 4.39 Å². The van der Waals surface area contributed by atoms with Crippen LogP contribution < -0.4 is 0 Å².